The third-order valence-corrected chi connectivity index (χ3v) is 21.6. The van der Waals surface area contributed by atoms with Crippen LogP contribution >= 0.6 is 11.8 Å². The maximum Gasteiger partial charge on any atom is 0.326 e. The molecule has 24 N–H and O–H groups in total. The molecule has 0 saturated carbocycles. The van der Waals surface area contributed by atoms with Gasteiger partial charge in [0.15, 0.2) is 0 Å². The van der Waals surface area contributed by atoms with Gasteiger partial charge in [0.05, 0.1) is 24.6 Å². The lowest BCUT2D eigenvalue weighted by Crippen LogP contribution is -2.61. The molecule has 40 heteroatoms. The Kier molecular flexibility index (Phi) is 39.0. The van der Waals surface area contributed by atoms with E-state index in [9.17, 15) is 77.3 Å². The predicted octanol–water partition coefficient (Wildman–Crippen LogP) is -0.182. The van der Waals surface area contributed by atoms with Crippen LogP contribution in [-0.2, 0) is 102 Å². The highest BCUT2D eigenvalue weighted by atomic mass is 32.2. The van der Waals surface area contributed by atoms with Crippen LogP contribution in [0.25, 0.3) is 21.8 Å². The number of H-pyrrole nitrogens is 3. The number of fused-ring (bicyclic) bond motifs is 2. The molecule has 2 aliphatic rings. The molecule has 14 amide bonds. The number of phenols is 1. The summed E-state index contributed by atoms with van der Waals surface area (Å²) in [6.45, 7) is 7.73. The SMILES string of the molecule is CC(=O)O.CSCCC(NC(=O)C1CCCN1C(=O)C(CCC(N)=O)NC(=O)CNC(=O)C1CCCN1C(=O)C(CCCCN)NC(=O)C(CC(C)C)NC(=O)C(CCC(N)=O)NC(=O)C(CC(C)C)NC(=O)C(Cc1c[nH]c2ccccc12)NC(=O)C(Cc1c[nH]cn1)NC(=O)C(N)Cc1c[nH]c2ccccc12)C(=O)NC(Cc1ccc(O)cc1)C(=O)O. The average Bonchev–Trinajstić information content (AvgIpc) is 1.67. The summed E-state index contributed by atoms with van der Waals surface area (Å²) in [5.41, 5.74) is 27.4. The van der Waals surface area contributed by atoms with E-state index in [1.807, 2.05) is 42.5 Å². The molecule has 2 saturated heterocycles. The van der Waals surface area contributed by atoms with Gasteiger partial charge in [0, 0.05) is 92.5 Å². The lowest BCUT2D eigenvalue weighted by atomic mass is 9.99. The molecule has 2 aliphatic heterocycles. The highest BCUT2D eigenvalue weighted by Gasteiger charge is 2.43. The number of carboxylic acids is 2. The average molecular weight is 1740 g/mol. The normalized spacial score (nSPS) is 16.1. The molecule has 0 bridgehead atoms. The summed E-state index contributed by atoms with van der Waals surface area (Å²) >= 11 is 1.37. The van der Waals surface area contributed by atoms with Gasteiger partial charge in [-0.2, -0.15) is 11.8 Å². The molecule has 0 aliphatic carbocycles. The molecule has 0 radical (unpaired) electrons. The van der Waals surface area contributed by atoms with E-state index in [0.717, 1.165) is 34.3 Å². The van der Waals surface area contributed by atoms with Crippen LogP contribution in [0.3, 0.4) is 0 Å². The van der Waals surface area contributed by atoms with Gasteiger partial charge in [-0.1, -0.05) is 76.2 Å². The number of rotatable bonds is 48. The van der Waals surface area contributed by atoms with Crippen molar-refractivity contribution in [1.82, 2.24) is 82.9 Å². The minimum absolute atomic E-state index is 0.0123. The van der Waals surface area contributed by atoms with Gasteiger partial charge in [0.25, 0.3) is 5.97 Å². The molecular formula is C84H118N20O19S. The van der Waals surface area contributed by atoms with E-state index in [1.165, 1.54) is 52.2 Å². The van der Waals surface area contributed by atoms with Crippen molar-refractivity contribution in [2.45, 2.75) is 223 Å². The number of para-hydroxylation sites is 2. The molecular weight excluding hydrogens is 1630 g/mol. The Hall–Kier alpha value is -12.5. The van der Waals surface area contributed by atoms with E-state index in [1.54, 1.807) is 58.6 Å². The Morgan fingerprint density at radius 2 is 0.968 bits per heavy atom. The van der Waals surface area contributed by atoms with Crippen molar-refractivity contribution in [2.24, 2.45) is 34.8 Å². The van der Waals surface area contributed by atoms with Crippen molar-refractivity contribution >= 4 is 128 Å². The Balaban J connectivity index is 0.00000516. The van der Waals surface area contributed by atoms with Gasteiger partial charge < -0.3 is 116 Å². The van der Waals surface area contributed by atoms with Crippen LogP contribution in [0.2, 0.25) is 0 Å². The molecule has 3 aromatic carbocycles. The second-order valence-corrected chi connectivity index (χ2v) is 32.8. The fourth-order valence-corrected chi connectivity index (χ4v) is 15.2. The van der Waals surface area contributed by atoms with Gasteiger partial charge in [-0.3, -0.25) is 71.9 Å². The second-order valence-electron chi connectivity index (χ2n) is 31.8. The molecule has 12 unspecified atom stereocenters. The zero-order valence-electron chi connectivity index (χ0n) is 70.5. The number of aliphatic carboxylic acids is 2. The smallest absolute Gasteiger partial charge is 0.326 e. The number of aromatic amines is 3. The number of primary amides is 2. The number of carbonyl (C=O) groups excluding carboxylic acids is 14. The Labute approximate surface area is 721 Å². The number of nitrogens with one attached hydrogen (secondary N) is 13. The molecule has 8 rings (SSSR count). The molecule has 2 fully saturated rings. The summed E-state index contributed by atoms with van der Waals surface area (Å²) < 4.78 is 0. The van der Waals surface area contributed by atoms with Crippen molar-refractivity contribution in [2.75, 3.05) is 38.2 Å². The summed E-state index contributed by atoms with van der Waals surface area (Å²) in [7, 11) is 0. The number of likely N-dealkylation sites (tertiary alicyclic amines) is 2. The summed E-state index contributed by atoms with van der Waals surface area (Å²) in [4.78, 5) is 235. The quantitative estimate of drug-likeness (QED) is 0.0220. The van der Waals surface area contributed by atoms with Gasteiger partial charge in [0.1, 0.15) is 72.2 Å². The number of imidazole rings is 1. The number of nitrogens with zero attached hydrogens (tertiary/aromatic N) is 3. The van der Waals surface area contributed by atoms with Crippen molar-refractivity contribution in [3.8, 4) is 5.75 Å². The Bertz CT molecular complexity index is 4670. The number of amides is 14. The number of nitrogens with two attached hydrogens (primary N) is 4. The highest BCUT2D eigenvalue weighted by Crippen LogP contribution is 2.26. The van der Waals surface area contributed by atoms with Crippen molar-refractivity contribution in [3.63, 3.8) is 0 Å². The first-order valence-corrected chi connectivity index (χ1v) is 42.8. The van der Waals surface area contributed by atoms with E-state index in [4.69, 9.17) is 32.8 Å². The number of aromatic nitrogens is 4. The van der Waals surface area contributed by atoms with Gasteiger partial charge in [-0.05, 0) is 155 Å². The third-order valence-electron chi connectivity index (χ3n) is 21.0. The van der Waals surface area contributed by atoms with Crippen molar-refractivity contribution in [3.05, 3.63) is 120 Å². The van der Waals surface area contributed by atoms with Crippen LogP contribution in [0, 0.1) is 11.8 Å². The number of aromatic hydroxyl groups is 1. The van der Waals surface area contributed by atoms with E-state index in [2.05, 4.69) is 73.1 Å². The number of carboxylic acid groups (broad SMARTS) is 2. The predicted molar refractivity (Wildman–Crippen MR) is 459 cm³/mol. The van der Waals surface area contributed by atoms with Gasteiger partial charge >= 0.3 is 5.97 Å². The largest absolute Gasteiger partial charge is 0.508 e. The van der Waals surface area contributed by atoms with Crippen LogP contribution in [0.15, 0.2) is 97.7 Å². The Morgan fingerprint density at radius 1 is 0.516 bits per heavy atom. The standard InChI is InChI=1S/C82H114N20O17S.C2H4O2/c1-45(2)34-61(98-76(112)63(38-49-41-89-56-17-9-7-15-53(49)56)99-77(113)64(39-50-42-87-44-91-50)96-71(107)54(84)37-48-40-88-55-16-8-6-14-52(48)55)74(110)93-57(25-27-68(85)104)72(108)97-62(35-46(3)4)75(111)95-59(18-10-11-30-83)80(116)101-31-12-19-66(101)78(114)90-43-70(106)92-60(26-28-69(86)105)81(117)102-32-13-20-67(102)79(115)94-58(29-33-120-5)73(109)100-65(82(118)119)36-47-21-23-51(103)24-22-47;1-2(3)4/h6-9,14-17,21-24,40-42,44-46,54,57-67,88-89,103H,10-13,18-20,25-39,43,83-84H2,1-5H3,(H2,85,104)(H2,86,105)(H,87,91)(H,90,114)(H,92,106)(H,93,110)(H,94,115)(H,95,111)(H,96,107)(H,97,108)(H,98,112)(H,99,113)(H,100,109)(H,118,119);1H3,(H,3,4). The third kappa shape index (κ3) is 30.8. The molecule has 39 nitrogen and oxygen atoms in total. The number of carbonyl (C=O) groups is 16. The van der Waals surface area contributed by atoms with E-state index < -0.39 is 180 Å². The first-order valence-electron chi connectivity index (χ1n) is 41.4. The molecule has 6 aromatic rings. The molecule has 5 heterocycles. The maximum absolute atomic E-state index is 15.1. The maximum atomic E-state index is 15.1. The first-order chi connectivity index (χ1) is 59.0. The number of phenolic OH excluding ortho intramolecular Hbond substituents is 1. The van der Waals surface area contributed by atoms with Gasteiger partial charge in [0.2, 0.25) is 82.7 Å². The topological polar surface area (TPSA) is 625 Å². The van der Waals surface area contributed by atoms with Crippen LogP contribution < -0.4 is 76.1 Å². The molecule has 3 aromatic heterocycles. The molecule has 12 atom stereocenters. The zero-order chi connectivity index (χ0) is 90.9. The highest BCUT2D eigenvalue weighted by molar-refractivity contribution is 7.98. The van der Waals surface area contributed by atoms with Crippen LogP contribution in [0.5, 0.6) is 5.75 Å². The Morgan fingerprint density at radius 3 is 1.48 bits per heavy atom. The van der Waals surface area contributed by atoms with E-state index in [-0.39, 0.29) is 121 Å². The molecule has 0 spiro atoms. The first kappa shape index (κ1) is 98.7. The zero-order valence-corrected chi connectivity index (χ0v) is 71.3. The number of hydrogen-bond acceptors (Lipinski definition) is 21. The van der Waals surface area contributed by atoms with Crippen LogP contribution in [0.1, 0.15) is 147 Å². The summed E-state index contributed by atoms with van der Waals surface area (Å²) in [6.07, 6.45) is 7.96. The lowest BCUT2D eigenvalue weighted by molar-refractivity contribution is -0.143. The summed E-state index contributed by atoms with van der Waals surface area (Å²) in [5, 5.41) is 55.6. The minimum Gasteiger partial charge on any atom is -0.508 e. The fraction of sp³-hybridized carbons (Fsp3) is 0.512. The minimum atomic E-state index is -1.58. The van der Waals surface area contributed by atoms with Gasteiger partial charge in [-0.15, -0.1) is 0 Å². The molecule has 674 valence electrons. The summed E-state index contributed by atoms with van der Waals surface area (Å²) in [6, 6.07) is 4.45. The second kappa shape index (κ2) is 49.0. The number of benzene rings is 3. The van der Waals surface area contributed by atoms with Gasteiger partial charge in [-0.25, -0.2) is 9.78 Å². The van der Waals surface area contributed by atoms with E-state index in [0.29, 0.717) is 48.3 Å². The molecule has 124 heavy (non-hydrogen) atoms. The number of thioether (sulfide) groups is 1. The number of unbranched alkanes of at least 4 members (excludes halogenated alkanes) is 1. The monoisotopic (exact) mass is 1740 g/mol. The van der Waals surface area contributed by atoms with Crippen LogP contribution in [0.4, 0.5) is 0 Å². The fourth-order valence-electron chi connectivity index (χ4n) is 14.7. The van der Waals surface area contributed by atoms with E-state index >= 15 is 4.79 Å². The van der Waals surface area contributed by atoms with Crippen LogP contribution in [-0.4, -0.2) is 250 Å². The van der Waals surface area contributed by atoms with Crippen molar-refractivity contribution < 1.29 is 92.0 Å². The van der Waals surface area contributed by atoms with Crippen molar-refractivity contribution in [1.29, 1.82) is 0 Å². The number of hydrogen-bond donors (Lipinski definition) is 20. The summed E-state index contributed by atoms with van der Waals surface area (Å²) in [5.74, 6) is -13.7. The lowest BCUT2D eigenvalue weighted by Gasteiger charge is -2.31.